The summed E-state index contributed by atoms with van der Waals surface area (Å²) in [6.45, 7) is 5.86. The zero-order chi connectivity index (χ0) is 16.4. The van der Waals surface area contributed by atoms with Crippen molar-refractivity contribution in [2.24, 2.45) is 0 Å². The van der Waals surface area contributed by atoms with E-state index in [1.807, 2.05) is 6.07 Å². The number of β-amino-alcohol motifs (C(OH)–C–C–N with tert-alkyl or cyclic N) is 1. The number of hydrogen-bond acceptors (Lipinski definition) is 2. The molecule has 122 valence electrons. The minimum atomic E-state index is -0.921. The van der Waals surface area contributed by atoms with Gasteiger partial charge in [-0.15, -0.1) is 0 Å². The normalized spacial score (nSPS) is 21.2. The molecule has 3 rings (SSSR count). The van der Waals surface area contributed by atoms with Crippen LogP contribution in [0.15, 0.2) is 42.5 Å². The van der Waals surface area contributed by atoms with Crippen molar-refractivity contribution in [3.8, 4) is 0 Å². The highest BCUT2D eigenvalue weighted by Crippen LogP contribution is 2.38. The maximum atomic E-state index is 11.7. The lowest BCUT2D eigenvalue weighted by Gasteiger charge is -2.40. The summed E-state index contributed by atoms with van der Waals surface area (Å²) in [6, 6.07) is 14.9. The largest absolute Gasteiger partial charge is 0.379 e. The fourth-order valence-electron chi connectivity index (χ4n) is 3.77. The molecular weight excluding hydrogens is 282 g/mol. The zero-order valence-electron chi connectivity index (χ0n) is 14.5. The lowest BCUT2D eigenvalue weighted by molar-refractivity contribution is 0.0277. The minimum Gasteiger partial charge on any atom is -0.379 e. The van der Waals surface area contributed by atoms with Crippen molar-refractivity contribution in [3.05, 3.63) is 70.3 Å². The Morgan fingerprint density at radius 3 is 2.70 bits per heavy atom. The summed E-state index contributed by atoms with van der Waals surface area (Å²) >= 11 is 0. The summed E-state index contributed by atoms with van der Waals surface area (Å²) in [7, 11) is 2.08. The smallest absolute Gasteiger partial charge is 0.128 e. The number of rotatable bonds is 4. The Morgan fingerprint density at radius 1 is 1.13 bits per heavy atom. The van der Waals surface area contributed by atoms with Crippen molar-refractivity contribution in [1.82, 2.24) is 4.90 Å². The van der Waals surface area contributed by atoms with Crippen LogP contribution in [0.5, 0.6) is 0 Å². The Bertz CT molecular complexity index is 694. The molecule has 2 aromatic carbocycles. The molecule has 1 heterocycles. The van der Waals surface area contributed by atoms with E-state index in [9.17, 15) is 5.11 Å². The van der Waals surface area contributed by atoms with Gasteiger partial charge in [0.2, 0.25) is 0 Å². The zero-order valence-corrected chi connectivity index (χ0v) is 14.5. The predicted molar refractivity (Wildman–Crippen MR) is 95.6 cm³/mol. The van der Waals surface area contributed by atoms with Crippen molar-refractivity contribution in [2.45, 2.75) is 45.3 Å². The van der Waals surface area contributed by atoms with E-state index < -0.39 is 5.60 Å². The van der Waals surface area contributed by atoms with Gasteiger partial charge in [-0.3, -0.25) is 4.90 Å². The molecule has 2 heteroatoms. The summed E-state index contributed by atoms with van der Waals surface area (Å²) in [5, 5.41) is 11.7. The van der Waals surface area contributed by atoms with Crippen LogP contribution in [0.1, 0.15) is 47.6 Å². The van der Waals surface area contributed by atoms with Crippen molar-refractivity contribution in [1.29, 1.82) is 0 Å². The second-order valence-electron chi connectivity index (χ2n) is 6.94. The van der Waals surface area contributed by atoms with E-state index in [2.05, 4.69) is 62.2 Å². The predicted octanol–water partition coefficient (Wildman–Crippen LogP) is 4.02. The quantitative estimate of drug-likeness (QED) is 0.922. The highest BCUT2D eigenvalue weighted by molar-refractivity contribution is 5.47. The van der Waals surface area contributed by atoms with Crippen LogP contribution in [0.2, 0.25) is 0 Å². The molecule has 1 N–H and O–H groups in total. The van der Waals surface area contributed by atoms with Gasteiger partial charge in [0.15, 0.2) is 0 Å². The first kappa shape index (κ1) is 16.2. The van der Waals surface area contributed by atoms with Crippen LogP contribution in [0.25, 0.3) is 0 Å². The van der Waals surface area contributed by atoms with Gasteiger partial charge in [0, 0.05) is 13.1 Å². The number of benzene rings is 2. The van der Waals surface area contributed by atoms with Crippen LogP contribution in [-0.2, 0) is 18.6 Å². The number of aliphatic hydroxyl groups is 1. The minimum absolute atomic E-state index is 0.641. The molecule has 0 saturated heterocycles. The van der Waals surface area contributed by atoms with E-state index in [1.165, 1.54) is 24.0 Å². The highest BCUT2D eigenvalue weighted by atomic mass is 16.3. The molecule has 0 aliphatic carbocycles. The summed E-state index contributed by atoms with van der Waals surface area (Å²) in [4.78, 5) is 2.21. The number of fused-ring (bicyclic) bond motifs is 1. The van der Waals surface area contributed by atoms with Crippen molar-refractivity contribution < 1.29 is 5.11 Å². The molecule has 2 aromatic rings. The molecule has 1 unspecified atom stereocenters. The van der Waals surface area contributed by atoms with Gasteiger partial charge in [-0.25, -0.2) is 0 Å². The number of hydrogen-bond donors (Lipinski definition) is 1. The summed E-state index contributed by atoms with van der Waals surface area (Å²) in [5.74, 6) is 0. The molecule has 0 spiro atoms. The molecule has 0 aromatic heterocycles. The summed E-state index contributed by atoms with van der Waals surface area (Å²) in [5.41, 5.74) is 4.92. The Kier molecular flexibility index (Phi) is 4.56. The molecule has 0 radical (unpaired) electrons. The monoisotopic (exact) mass is 309 g/mol. The molecule has 1 atom stereocenters. The standard InChI is InChI=1S/C21H27NO/c1-4-5-8-17-12-11-16(2)20(13-17)21(23)15-22(3)14-18-9-6-7-10-19(18)21/h6-7,9-13,23H,4-5,8,14-15H2,1-3H3. The van der Waals surface area contributed by atoms with Gasteiger partial charge in [-0.1, -0.05) is 55.8 Å². The molecule has 0 fully saturated rings. The summed E-state index contributed by atoms with van der Waals surface area (Å²) < 4.78 is 0. The molecule has 0 bridgehead atoms. The number of nitrogens with zero attached hydrogens (tertiary/aromatic N) is 1. The topological polar surface area (TPSA) is 23.5 Å². The van der Waals surface area contributed by atoms with Gasteiger partial charge in [0.05, 0.1) is 0 Å². The molecule has 1 aliphatic heterocycles. The Hall–Kier alpha value is -1.64. The van der Waals surface area contributed by atoms with Crippen molar-refractivity contribution in [3.63, 3.8) is 0 Å². The van der Waals surface area contributed by atoms with Gasteiger partial charge >= 0.3 is 0 Å². The van der Waals surface area contributed by atoms with Crippen molar-refractivity contribution >= 4 is 0 Å². The van der Waals surface area contributed by atoms with E-state index in [0.717, 1.165) is 29.7 Å². The maximum absolute atomic E-state index is 11.7. The second kappa shape index (κ2) is 6.46. The average molecular weight is 309 g/mol. The number of likely N-dealkylation sites (N-methyl/N-ethyl adjacent to an activating group) is 1. The van der Waals surface area contributed by atoms with Crippen LogP contribution in [0.4, 0.5) is 0 Å². The Labute approximate surface area is 139 Å². The van der Waals surface area contributed by atoms with Crippen LogP contribution < -0.4 is 0 Å². The lowest BCUT2D eigenvalue weighted by Crippen LogP contribution is -2.45. The third-order valence-electron chi connectivity index (χ3n) is 4.97. The molecule has 0 amide bonds. The number of unbranched alkanes of at least 4 members (excludes halogenated alkanes) is 1. The van der Waals surface area contributed by atoms with E-state index in [0.29, 0.717) is 6.54 Å². The van der Waals surface area contributed by atoms with E-state index in [1.54, 1.807) is 0 Å². The molecule has 2 nitrogen and oxygen atoms in total. The fraction of sp³-hybridized carbons (Fsp3) is 0.429. The van der Waals surface area contributed by atoms with Crippen LogP contribution in [-0.4, -0.2) is 23.6 Å². The van der Waals surface area contributed by atoms with Gasteiger partial charge in [-0.2, -0.15) is 0 Å². The first-order valence-electron chi connectivity index (χ1n) is 8.64. The first-order chi connectivity index (χ1) is 11.0. The second-order valence-corrected chi connectivity index (χ2v) is 6.94. The SMILES string of the molecule is CCCCc1ccc(C)c(C2(O)CN(C)Cc3ccccc32)c1. The van der Waals surface area contributed by atoms with Crippen molar-refractivity contribution in [2.75, 3.05) is 13.6 Å². The highest BCUT2D eigenvalue weighted by Gasteiger charge is 2.39. The van der Waals surface area contributed by atoms with E-state index >= 15 is 0 Å². The lowest BCUT2D eigenvalue weighted by atomic mass is 9.78. The van der Waals surface area contributed by atoms with Crippen LogP contribution >= 0.6 is 0 Å². The fourth-order valence-corrected chi connectivity index (χ4v) is 3.77. The van der Waals surface area contributed by atoms with Gasteiger partial charge in [0.1, 0.15) is 5.60 Å². The average Bonchev–Trinajstić information content (AvgIpc) is 2.54. The third-order valence-corrected chi connectivity index (χ3v) is 4.97. The first-order valence-corrected chi connectivity index (χ1v) is 8.64. The maximum Gasteiger partial charge on any atom is 0.128 e. The number of aryl methyl sites for hydroxylation is 2. The Morgan fingerprint density at radius 2 is 1.91 bits per heavy atom. The molecular formula is C21H27NO. The molecule has 1 aliphatic rings. The Balaban J connectivity index is 2.09. The van der Waals surface area contributed by atoms with Gasteiger partial charge in [0.25, 0.3) is 0 Å². The van der Waals surface area contributed by atoms with E-state index in [4.69, 9.17) is 0 Å². The summed E-state index contributed by atoms with van der Waals surface area (Å²) in [6.07, 6.45) is 3.47. The molecule has 0 saturated carbocycles. The van der Waals surface area contributed by atoms with Gasteiger partial charge in [-0.05, 0) is 54.6 Å². The van der Waals surface area contributed by atoms with E-state index in [-0.39, 0.29) is 0 Å². The molecule has 23 heavy (non-hydrogen) atoms. The third kappa shape index (κ3) is 3.06. The van der Waals surface area contributed by atoms with Gasteiger partial charge < -0.3 is 5.11 Å². The van der Waals surface area contributed by atoms with Crippen LogP contribution in [0, 0.1) is 6.92 Å². The van der Waals surface area contributed by atoms with Crippen LogP contribution in [0.3, 0.4) is 0 Å².